The summed E-state index contributed by atoms with van der Waals surface area (Å²) in [5.41, 5.74) is 13.1. The molecule has 2 aromatic rings. The van der Waals surface area contributed by atoms with Gasteiger partial charge in [-0.25, -0.2) is 4.98 Å². The first kappa shape index (κ1) is 19.9. The van der Waals surface area contributed by atoms with E-state index in [9.17, 15) is 0 Å². The minimum atomic E-state index is 0.0348. The van der Waals surface area contributed by atoms with Crippen molar-refractivity contribution in [2.45, 2.75) is 49.1 Å². The molecule has 3 rings (SSSR count). The number of rotatable bonds is 5. The maximum absolute atomic E-state index is 6.26. The normalized spacial score (nSPS) is 17.4. The quantitative estimate of drug-likeness (QED) is 0.305. The number of benzene rings is 1. The molecule has 4 N–H and O–H groups in total. The van der Waals surface area contributed by atoms with E-state index in [1.807, 2.05) is 30.3 Å². The van der Waals surface area contributed by atoms with Crippen molar-refractivity contribution in [1.82, 2.24) is 4.98 Å². The number of hydrogen-bond acceptors (Lipinski definition) is 6. The summed E-state index contributed by atoms with van der Waals surface area (Å²) < 4.78 is 6.30. The molecule has 1 unspecified atom stereocenters. The summed E-state index contributed by atoms with van der Waals surface area (Å²) in [7, 11) is 0. The Morgan fingerprint density at radius 1 is 1.00 bits per heavy atom. The molecule has 27 heavy (non-hydrogen) atoms. The number of azo groups is 1. The second-order valence-electron chi connectivity index (χ2n) is 6.89. The van der Waals surface area contributed by atoms with Gasteiger partial charge in [0.05, 0.1) is 5.69 Å². The summed E-state index contributed by atoms with van der Waals surface area (Å²) in [5.74, 6) is 1.61. The molecule has 0 aliphatic heterocycles. The van der Waals surface area contributed by atoms with Gasteiger partial charge in [0.1, 0.15) is 5.82 Å². The van der Waals surface area contributed by atoms with Crippen LogP contribution in [0.15, 0.2) is 46.6 Å². The minimum absolute atomic E-state index is 0.0348. The van der Waals surface area contributed by atoms with Crippen LogP contribution in [0.25, 0.3) is 0 Å². The van der Waals surface area contributed by atoms with Gasteiger partial charge >= 0.3 is 0 Å². The van der Waals surface area contributed by atoms with E-state index in [-0.39, 0.29) is 9.93 Å². The summed E-state index contributed by atoms with van der Waals surface area (Å²) in [6, 6.07) is 11.2. The molecule has 1 saturated carbocycles. The first-order chi connectivity index (χ1) is 13.1. The maximum atomic E-state index is 6.26. The molecule has 6 nitrogen and oxygen atoms in total. The van der Waals surface area contributed by atoms with Gasteiger partial charge in [0.25, 0.3) is 0 Å². The summed E-state index contributed by atoms with van der Waals surface area (Å²) in [6.45, 7) is 0. The Hall–Kier alpha value is -1.90. The predicted molar refractivity (Wildman–Crippen MR) is 118 cm³/mol. The van der Waals surface area contributed by atoms with Crippen LogP contribution >= 0.6 is 22.6 Å². The molecule has 1 aromatic carbocycles. The monoisotopic (exact) mass is 479 g/mol. The molecule has 0 saturated heterocycles. The van der Waals surface area contributed by atoms with E-state index in [1.165, 1.54) is 44.9 Å². The number of halogens is 1. The number of alkyl halides is 1. The first-order valence-corrected chi connectivity index (χ1v) is 10.7. The van der Waals surface area contributed by atoms with Crippen LogP contribution in [-0.2, 0) is 0 Å². The highest BCUT2D eigenvalue weighted by molar-refractivity contribution is 14.1. The van der Waals surface area contributed by atoms with Crippen LogP contribution in [0.2, 0.25) is 0 Å². The Morgan fingerprint density at radius 2 is 1.67 bits per heavy atom. The van der Waals surface area contributed by atoms with Gasteiger partial charge in [-0.1, -0.05) is 50.3 Å². The Bertz CT molecular complexity index is 760. The molecule has 1 fully saturated rings. The van der Waals surface area contributed by atoms with Crippen molar-refractivity contribution in [1.29, 1.82) is 0 Å². The van der Waals surface area contributed by atoms with Gasteiger partial charge in [0.2, 0.25) is 0 Å². The number of ether oxygens (including phenoxy) is 1. The van der Waals surface area contributed by atoms with Gasteiger partial charge in [-0.2, -0.15) is 5.11 Å². The van der Waals surface area contributed by atoms with Crippen LogP contribution in [0.5, 0.6) is 5.75 Å². The summed E-state index contributed by atoms with van der Waals surface area (Å²) in [6.07, 6.45) is 8.86. The van der Waals surface area contributed by atoms with Crippen LogP contribution < -0.4 is 16.2 Å². The van der Waals surface area contributed by atoms with Gasteiger partial charge < -0.3 is 16.2 Å². The molecular formula is C20H26IN5O. The zero-order chi connectivity index (χ0) is 19.1. The van der Waals surface area contributed by atoms with Gasteiger partial charge in [0.15, 0.2) is 21.4 Å². The van der Waals surface area contributed by atoms with Crippen molar-refractivity contribution in [3.63, 3.8) is 0 Å². The van der Waals surface area contributed by atoms with E-state index in [4.69, 9.17) is 16.2 Å². The molecule has 1 aliphatic rings. The average molecular weight is 479 g/mol. The molecule has 1 aromatic heterocycles. The Labute approximate surface area is 173 Å². The number of hydrogen-bond donors (Lipinski definition) is 2. The third kappa shape index (κ3) is 5.79. The summed E-state index contributed by atoms with van der Waals surface area (Å²) in [5, 5.41) is 8.56. The van der Waals surface area contributed by atoms with Crippen molar-refractivity contribution >= 4 is 45.6 Å². The smallest absolute Gasteiger partial charge is 0.170 e. The van der Waals surface area contributed by atoms with Crippen molar-refractivity contribution in [2.75, 3.05) is 11.5 Å². The van der Waals surface area contributed by atoms with E-state index in [1.54, 1.807) is 6.07 Å². The molecule has 1 aliphatic carbocycles. The lowest BCUT2D eigenvalue weighted by atomic mass is 9.92. The first-order valence-electron chi connectivity index (χ1n) is 9.47. The van der Waals surface area contributed by atoms with Crippen LogP contribution in [0.1, 0.15) is 44.9 Å². The van der Waals surface area contributed by atoms with E-state index in [2.05, 4.69) is 37.8 Å². The van der Waals surface area contributed by atoms with Crippen molar-refractivity contribution in [3.05, 3.63) is 36.4 Å². The number of nitrogens with two attached hydrogens (primary N) is 2. The third-order valence-electron chi connectivity index (χ3n) is 4.79. The lowest BCUT2D eigenvalue weighted by Gasteiger charge is -2.25. The minimum Gasteiger partial charge on any atom is -0.477 e. The van der Waals surface area contributed by atoms with E-state index < -0.39 is 0 Å². The second-order valence-corrected chi connectivity index (χ2v) is 8.12. The zero-order valence-electron chi connectivity index (χ0n) is 15.4. The molecular weight excluding hydrogens is 453 g/mol. The molecule has 1 atom stereocenters. The molecule has 7 heteroatoms. The number of anilines is 2. The lowest BCUT2D eigenvalue weighted by molar-refractivity contribution is 0.202. The van der Waals surface area contributed by atoms with E-state index >= 15 is 0 Å². The Kier molecular flexibility index (Phi) is 7.25. The molecule has 144 valence electrons. The molecule has 0 amide bonds. The summed E-state index contributed by atoms with van der Waals surface area (Å²) >= 11 is 2.38. The lowest BCUT2D eigenvalue weighted by Crippen LogP contribution is -2.22. The van der Waals surface area contributed by atoms with E-state index in [0.717, 1.165) is 5.69 Å². The number of pyridine rings is 1. The van der Waals surface area contributed by atoms with Crippen LogP contribution in [0.3, 0.4) is 0 Å². The fourth-order valence-corrected chi connectivity index (χ4v) is 4.31. The van der Waals surface area contributed by atoms with Gasteiger partial charge in [0, 0.05) is 12.0 Å². The molecule has 0 radical (unpaired) electrons. The highest BCUT2D eigenvalue weighted by Gasteiger charge is 2.23. The second kappa shape index (κ2) is 9.87. The summed E-state index contributed by atoms with van der Waals surface area (Å²) in [4.78, 5) is 4.11. The third-order valence-corrected chi connectivity index (χ3v) is 6.06. The highest BCUT2D eigenvalue weighted by Crippen LogP contribution is 2.39. The zero-order valence-corrected chi connectivity index (χ0v) is 17.5. The van der Waals surface area contributed by atoms with Gasteiger partial charge in [-0.05, 0) is 47.6 Å². The molecule has 0 bridgehead atoms. The SMILES string of the molecule is Nc1cc(OC(I)C2CCCCCCC2)c(/N=N/c2ccccc2)c(N)n1. The maximum Gasteiger partial charge on any atom is 0.170 e. The fraction of sp³-hybridized carbons (Fsp3) is 0.450. The van der Waals surface area contributed by atoms with Crippen LogP contribution in [0, 0.1) is 5.92 Å². The molecule has 1 heterocycles. The topological polar surface area (TPSA) is 98.9 Å². The van der Waals surface area contributed by atoms with Gasteiger partial charge in [-0.15, -0.1) is 5.11 Å². The number of nitrogen functional groups attached to an aromatic ring is 2. The average Bonchev–Trinajstić information content (AvgIpc) is 2.61. The van der Waals surface area contributed by atoms with E-state index in [0.29, 0.717) is 23.2 Å². The molecule has 0 spiro atoms. The predicted octanol–water partition coefficient (Wildman–Crippen LogP) is 6.16. The van der Waals surface area contributed by atoms with Crippen molar-refractivity contribution < 1.29 is 4.74 Å². The number of aromatic nitrogens is 1. The highest BCUT2D eigenvalue weighted by atomic mass is 127. The van der Waals surface area contributed by atoms with Crippen LogP contribution in [-0.4, -0.2) is 9.09 Å². The standard InChI is InChI=1S/C20H26IN5O/c21-19(14-9-5-2-1-3-6-10-14)27-16-13-17(22)24-20(23)18(16)26-25-15-11-7-4-8-12-15/h4,7-8,11-14,19H,1-3,5-6,9-10H2,(H4,22,23,24)/b26-25+. The number of nitrogens with zero attached hydrogens (tertiary/aromatic N) is 3. The van der Waals surface area contributed by atoms with Crippen molar-refractivity contribution in [2.24, 2.45) is 16.1 Å². The largest absolute Gasteiger partial charge is 0.477 e. The fourth-order valence-electron chi connectivity index (χ4n) is 3.31. The van der Waals surface area contributed by atoms with Gasteiger partial charge in [-0.3, -0.25) is 0 Å². The Balaban J connectivity index is 1.80. The Morgan fingerprint density at radius 3 is 2.37 bits per heavy atom. The van der Waals surface area contributed by atoms with Crippen LogP contribution in [0.4, 0.5) is 23.0 Å². The van der Waals surface area contributed by atoms with Crippen molar-refractivity contribution in [3.8, 4) is 5.75 Å².